The van der Waals surface area contributed by atoms with E-state index >= 15 is 0 Å². The molecule has 3 N–H and O–H groups in total. The van der Waals surface area contributed by atoms with Crippen molar-refractivity contribution in [3.8, 4) is 5.75 Å². The van der Waals surface area contributed by atoms with Crippen LogP contribution in [0.4, 0.5) is 0 Å². The minimum atomic E-state index is -0.176. The molecular formula is C23H38N2O2. The van der Waals surface area contributed by atoms with Gasteiger partial charge >= 0.3 is 0 Å². The van der Waals surface area contributed by atoms with Crippen molar-refractivity contribution in [2.45, 2.75) is 77.7 Å². The molecular weight excluding hydrogens is 336 g/mol. The van der Waals surface area contributed by atoms with Crippen molar-refractivity contribution in [1.29, 1.82) is 0 Å². The number of nitrogens with one attached hydrogen (secondary N) is 1. The zero-order valence-electron chi connectivity index (χ0n) is 17.6. The average molecular weight is 375 g/mol. The fourth-order valence-electron chi connectivity index (χ4n) is 4.40. The SMILES string of the molecule is CCOc1ccc(C2(C(CC(C)C)NCCC(CC)C(N)=O)CCC2)cc1. The summed E-state index contributed by atoms with van der Waals surface area (Å²) >= 11 is 0. The number of primary amides is 1. The van der Waals surface area contributed by atoms with Gasteiger partial charge in [0.25, 0.3) is 0 Å². The van der Waals surface area contributed by atoms with Crippen LogP contribution in [0.1, 0.15) is 71.8 Å². The quantitative estimate of drug-likeness (QED) is 0.569. The van der Waals surface area contributed by atoms with E-state index in [2.05, 4.69) is 43.4 Å². The number of hydrogen-bond donors (Lipinski definition) is 2. The van der Waals surface area contributed by atoms with Crippen LogP contribution in [0.15, 0.2) is 24.3 Å². The molecule has 4 heteroatoms. The Morgan fingerprint density at radius 1 is 1.22 bits per heavy atom. The lowest BCUT2D eigenvalue weighted by Crippen LogP contribution is -2.53. The van der Waals surface area contributed by atoms with Gasteiger partial charge in [0.1, 0.15) is 5.75 Å². The number of benzene rings is 1. The van der Waals surface area contributed by atoms with Gasteiger partial charge in [-0.2, -0.15) is 0 Å². The second kappa shape index (κ2) is 10.1. The van der Waals surface area contributed by atoms with Crippen LogP contribution >= 0.6 is 0 Å². The Morgan fingerprint density at radius 2 is 1.89 bits per heavy atom. The molecule has 0 heterocycles. The molecule has 27 heavy (non-hydrogen) atoms. The number of carbonyl (C=O) groups excluding carboxylic acids is 1. The Labute approximate surface area is 165 Å². The molecule has 0 radical (unpaired) electrons. The molecule has 0 saturated heterocycles. The van der Waals surface area contributed by atoms with Gasteiger partial charge in [-0.05, 0) is 69.2 Å². The van der Waals surface area contributed by atoms with Crippen LogP contribution in [0, 0.1) is 11.8 Å². The summed E-state index contributed by atoms with van der Waals surface area (Å²) in [6.45, 7) is 10.2. The predicted molar refractivity (Wildman–Crippen MR) is 112 cm³/mol. The van der Waals surface area contributed by atoms with Gasteiger partial charge in [-0.3, -0.25) is 4.79 Å². The monoisotopic (exact) mass is 374 g/mol. The van der Waals surface area contributed by atoms with E-state index in [0.717, 1.165) is 31.6 Å². The van der Waals surface area contributed by atoms with Crippen LogP contribution in [0.5, 0.6) is 5.75 Å². The van der Waals surface area contributed by atoms with Crippen molar-refractivity contribution in [2.75, 3.05) is 13.2 Å². The molecule has 2 rings (SSSR count). The molecule has 0 aromatic heterocycles. The van der Waals surface area contributed by atoms with Crippen molar-refractivity contribution < 1.29 is 9.53 Å². The molecule has 0 aliphatic heterocycles. The topological polar surface area (TPSA) is 64.3 Å². The van der Waals surface area contributed by atoms with Crippen LogP contribution < -0.4 is 15.8 Å². The molecule has 1 aromatic rings. The largest absolute Gasteiger partial charge is 0.494 e. The summed E-state index contributed by atoms with van der Waals surface area (Å²) in [5, 5.41) is 3.81. The van der Waals surface area contributed by atoms with E-state index in [1.807, 2.05) is 13.8 Å². The summed E-state index contributed by atoms with van der Waals surface area (Å²) in [5.41, 5.74) is 7.13. The maximum absolute atomic E-state index is 11.5. The summed E-state index contributed by atoms with van der Waals surface area (Å²) in [4.78, 5) is 11.5. The van der Waals surface area contributed by atoms with Gasteiger partial charge in [0, 0.05) is 17.4 Å². The molecule has 1 saturated carbocycles. The van der Waals surface area contributed by atoms with E-state index in [4.69, 9.17) is 10.5 Å². The second-order valence-electron chi connectivity index (χ2n) is 8.40. The molecule has 1 aromatic carbocycles. The zero-order valence-corrected chi connectivity index (χ0v) is 17.6. The summed E-state index contributed by atoms with van der Waals surface area (Å²) in [5.74, 6) is 1.36. The minimum absolute atomic E-state index is 0.0278. The first-order chi connectivity index (χ1) is 12.9. The molecule has 0 spiro atoms. The Hall–Kier alpha value is -1.55. The third kappa shape index (κ3) is 5.47. The van der Waals surface area contributed by atoms with E-state index in [-0.39, 0.29) is 17.2 Å². The predicted octanol–water partition coefficient (Wildman–Crippen LogP) is 4.41. The molecule has 1 fully saturated rings. The Kier molecular flexibility index (Phi) is 8.15. The van der Waals surface area contributed by atoms with Crippen LogP contribution in [0.25, 0.3) is 0 Å². The van der Waals surface area contributed by atoms with Crippen molar-refractivity contribution in [3.63, 3.8) is 0 Å². The fourth-order valence-corrected chi connectivity index (χ4v) is 4.40. The summed E-state index contributed by atoms with van der Waals surface area (Å²) in [7, 11) is 0. The first kappa shape index (κ1) is 21.7. The molecule has 1 aliphatic rings. The number of rotatable bonds is 12. The van der Waals surface area contributed by atoms with Crippen molar-refractivity contribution >= 4 is 5.91 Å². The molecule has 1 aliphatic carbocycles. The van der Waals surface area contributed by atoms with Gasteiger partial charge in [-0.15, -0.1) is 0 Å². The molecule has 1 amide bonds. The van der Waals surface area contributed by atoms with Gasteiger partial charge in [0.15, 0.2) is 0 Å². The highest BCUT2D eigenvalue weighted by molar-refractivity contribution is 5.76. The second-order valence-corrected chi connectivity index (χ2v) is 8.40. The average Bonchev–Trinajstić information content (AvgIpc) is 2.58. The molecule has 4 nitrogen and oxygen atoms in total. The molecule has 2 atom stereocenters. The number of hydrogen-bond acceptors (Lipinski definition) is 3. The van der Waals surface area contributed by atoms with Crippen molar-refractivity contribution in [2.24, 2.45) is 17.6 Å². The molecule has 2 unspecified atom stereocenters. The van der Waals surface area contributed by atoms with Crippen LogP contribution in [0.3, 0.4) is 0 Å². The minimum Gasteiger partial charge on any atom is -0.494 e. The van der Waals surface area contributed by atoms with E-state index in [1.165, 1.54) is 24.8 Å². The first-order valence-electron chi connectivity index (χ1n) is 10.7. The number of carbonyl (C=O) groups is 1. The van der Waals surface area contributed by atoms with Crippen LogP contribution in [-0.4, -0.2) is 25.1 Å². The Morgan fingerprint density at radius 3 is 2.33 bits per heavy atom. The highest BCUT2D eigenvalue weighted by Crippen LogP contribution is 2.48. The van der Waals surface area contributed by atoms with Gasteiger partial charge in [-0.25, -0.2) is 0 Å². The number of nitrogens with two attached hydrogens (primary N) is 1. The summed E-state index contributed by atoms with van der Waals surface area (Å²) in [6, 6.07) is 9.13. The standard InChI is InChI=1S/C23H38N2O2/c1-5-18(22(24)26)12-15-25-21(16-17(3)4)23(13-7-14-23)19-8-10-20(11-9-19)27-6-2/h8-11,17-18,21,25H,5-7,12-16H2,1-4H3,(H2,24,26). The van der Waals surface area contributed by atoms with Gasteiger partial charge < -0.3 is 15.8 Å². The first-order valence-corrected chi connectivity index (χ1v) is 10.7. The normalized spacial score (nSPS) is 18.0. The van der Waals surface area contributed by atoms with Crippen LogP contribution in [0.2, 0.25) is 0 Å². The summed E-state index contributed by atoms with van der Waals surface area (Å²) in [6.07, 6.45) is 6.50. The lowest BCUT2D eigenvalue weighted by molar-refractivity contribution is -0.122. The van der Waals surface area contributed by atoms with E-state index in [0.29, 0.717) is 18.6 Å². The maximum Gasteiger partial charge on any atom is 0.220 e. The lowest BCUT2D eigenvalue weighted by Gasteiger charge is -2.49. The highest BCUT2D eigenvalue weighted by atomic mass is 16.5. The van der Waals surface area contributed by atoms with E-state index in [1.54, 1.807) is 0 Å². The molecule has 0 bridgehead atoms. The highest BCUT2D eigenvalue weighted by Gasteiger charge is 2.45. The fraction of sp³-hybridized carbons (Fsp3) is 0.696. The number of ether oxygens (including phenoxy) is 1. The van der Waals surface area contributed by atoms with Crippen molar-refractivity contribution in [3.05, 3.63) is 29.8 Å². The third-order valence-corrected chi connectivity index (χ3v) is 6.14. The van der Waals surface area contributed by atoms with Crippen LogP contribution in [-0.2, 0) is 10.2 Å². The van der Waals surface area contributed by atoms with Gasteiger partial charge in [0.05, 0.1) is 6.61 Å². The third-order valence-electron chi connectivity index (χ3n) is 6.14. The Balaban J connectivity index is 2.12. The van der Waals surface area contributed by atoms with Gasteiger partial charge in [0.2, 0.25) is 5.91 Å². The van der Waals surface area contributed by atoms with E-state index in [9.17, 15) is 4.79 Å². The van der Waals surface area contributed by atoms with Crippen molar-refractivity contribution in [1.82, 2.24) is 5.32 Å². The summed E-state index contributed by atoms with van der Waals surface area (Å²) < 4.78 is 5.62. The lowest BCUT2D eigenvalue weighted by atomic mass is 9.59. The number of amides is 1. The smallest absolute Gasteiger partial charge is 0.220 e. The molecule has 152 valence electrons. The van der Waals surface area contributed by atoms with E-state index < -0.39 is 0 Å². The Bertz CT molecular complexity index is 579. The zero-order chi connectivity index (χ0) is 19.9. The van der Waals surface area contributed by atoms with Gasteiger partial charge in [-0.1, -0.05) is 39.3 Å². The maximum atomic E-state index is 11.5.